The van der Waals surface area contributed by atoms with Gasteiger partial charge in [0, 0.05) is 10.9 Å². The maximum atomic E-state index is 9.59. The molecule has 2 aromatic carbocycles. The number of pyridine rings is 1. The van der Waals surface area contributed by atoms with Crippen molar-refractivity contribution in [1.29, 1.82) is 5.26 Å². The quantitative estimate of drug-likeness (QED) is 0.331. The fourth-order valence-electron chi connectivity index (χ4n) is 2.66. The molecule has 0 amide bonds. The fraction of sp³-hybridized carbons (Fsp3) is 0.0500. The lowest BCUT2D eigenvalue weighted by Gasteiger charge is -2.04. The van der Waals surface area contributed by atoms with Gasteiger partial charge in [-0.1, -0.05) is 35.9 Å². The maximum Gasteiger partial charge on any atom is 0.137 e. The highest BCUT2D eigenvalue weighted by atomic mass is 35.5. The number of fused-ring (bicyclic) bond motifs is 2. The van der Waals surface area contributed by atoms with Gasteiger partial charge in [0.15, 0.2) is 0 Å². The summed E-state index contributed by atoms with van der Waals surface area (Å²) >= 11 is 7.84. The molecule has 0 unspecified atom stereocenters. The van der Waals surface area contributed by atoms with Gasteiger partial charge in [0.1, 0.15) is 16.2 Å². The zero-order valence-corrected chi connectivity index (χ0v) is 14.9. The normalized spacial score (nSPS) is 11.8. The summed E-state index contributed by atoms with van der Waals surface area (Å²) < 4.78 is 1.05. The molecule has 0 atom stereocenters. The van der Waals surface area contributed by atoms with Crippen LogP contribution in [0.3, 0.4) is 0 Å². The molecule has 4 aromatic rings. The van der Waals surface area contributed by atoms with Gasteiger partial charge in [-0.2, -0.15) is 5.26 Å². The van der Waals surface area contributed by atoms with E-state index in [1.54, 1.807) is 6.08 Å². The van der Waals surface area contributed by atoms with Crippen molar-refractivity contribution >= 4 is 55.7 Å². The summed E-state index contributed by atoms with van der Waals surface area (Å²) in [5.74, 6) is 0. The minimum atomic E-state index is 0.381. The standard InChI is InChI=1S/C20H12ClN3S/c1-12-6-7-13-9-14(19(21)23-17(13)8-12)10-15(11-22)20-24-16-4-2-3-5-18(16)25-20/h2-10H,1H3/b15-10+. The second-order valence-electron chi connectivity index (χ2n) is 5.72. The molecule has 0 radical (unpaired) electrons. The van der Waals surface area contributed by atoms with Crippen LogP contribution in [0.4, 0.5) is 0 Å². The molecule has 0 fully saturated rings. The van der Waals surface area contributed by atoms with Crippen LogP contribution in [0.5, 0.6) is 0 Å². The first kappa shape index (κ1) is 15.8. The van der Waals surface area contributed by atoms with Crippen LogP contribution < -0.4 is 0 Å². The average Bonchev–Trinajstić information content (AvgIpc) is 3.03. The molecular formula is C20H12ClN3S. The van der Waals surface area contributed by atoms with Crippen LogP contribution in [-0.2, 0) is 0 Å². The number of rotatable bonds is 2. The lowest BCUT2D eigenvalue weighted by Crippen LogP contribution is -1.87. The van der Waals surface area contributed by atoms with Gasteiger partial charge >= 0.3 is 0 Å². The topological polar surface area (TPSA) is 49.6 Å². The van der Waals surface area contributed by atoms with Crippen LogP contribution in [0, 0.1) is 18.3 Å². The smallest absolute Gasteiger partial charge is 0.137 e. The van der Waals surface area contributed by atoms with Gasteiger partial charge in [0.25, 0.3) is 0 Å². The van der Waals surface area contributed by atoms with E-state index in [2.05, 4.69) is 16.0 Å². The van der Waals surface area contributed by atoms with Crippen molar-refractivity contribution in [3.05, 3.63) is 69.8 Å². The van der Waals surface area contributed by atoms with Crippen molar-refractivity contribution in [1.82, 2.24) is 9.97 Å². The monoisotopic (exact) mass is 361 g/mol. The number of thiazole rings is 1. The van der Waals surface area contributed by atoms with Gasteiger partial charge in [-0.25, -0.2) is 9.97 Å². The molecule has 0 N–H and O–H groups in total. The average molecular weight is 362 g/mol. The summed E-state index contributed by atoms with van der Waals surface area (Å²) in [7, 11) is 0. The van der Waals surface area contributed by atoms with E-state index >= 15 is 0 Å². The maximum absolute atomic E-state index is 9.59. The number of aromatic nitrogens is 2. The molecule has 2 heterocycles. The van der Waals surface area contributed by atoms with Gasteiger partial charge in [0.05, 0.1) is 21.3 Å². The summed E-state index contributed by atoms with van der Waals surface area (Å²) in [6.07, 6.45) is 1.76. The first-order chi connectivity index (χ1) is 12.1. The molecule has 0 bridgehead atoms. The molecule has 4 rings (SSSR count). The predicted molar refractivity (Wildman–Crippen MR) is 105 cm³/mol. The summed E-state index contributed by atoms with van der Waals surface area (Å²) in [5, 5.41) is 11.6. The molecule has 0 aliphatic carbocycles. The Bertz CT molecular complexity index is 1150. The number of halogens is 1. The van der Waals surface area contributed by atoms with Crippen molar-refractivity contribution in [3.63, 3.8) is 0 Å². The zero-order valence-electron chi connectivity index (χ0n) is 13.3. The molecule has 120 valence electrons. The molecule has 0 spiro atoms. The van der Waals surface area contributed by atoms with E-state index in [1.165, 1.54) is 11.3 Å². The highest BCUT2D eigenvalue weighted by molar-refractivity contribution is 7.19. The molecule has 2 aromatic heterocycles. The number of para-hydroxylation sites is 1. The second kappa shape index (κ2) is 6.29. The summed E-state index contributed by atoms with van der Waals surface area (Å²) in [6.45, 7) is 2.02. The van der Waals surface area contributed by atoms with Crippen molar-refractivity contribution < 1.29 is 0 Å². The van der Waals surface area contributed by atoms with Crippen LogP contribution in [0.2, 0.25) is 5.15 Å². The summed E-state index contributed by atoms with van der Waals surface area (Å²) in [5.41, 5.74) is 4.07. The van der Waals surface area contributed by atoms with E-state index < -0.39 is 0 Å². The lowest BCUT2D eigenvalue weighted by atomic mass is 10.1. The molecule has 25 heavy (non-hydrogen) atoms. The Kier molecular flexibility index (Phi) is 3.96. The molecule has 5 heteroatoms. The molecule has 0 aliphatic heterocycles. The fourth-order valence-corrected chi connectivity index (χ4v) is 3.79. The van der Waals surface area contributed by atoms with Gasteiger partial charge in [0.2, 0.25) is 0 Å². The number of hydrogen-bond acceptors (Lipinski definition) is 4. The van der Waals surface area contributed by atoms with E-state index in [0.717, 1.165) is 26.7 Å². The summed E-state index contributed by atoms with van der Waals surface area (Å²) in [6, 6.07) is 18.1. The molecule has 0 saturated heterocycles. The van der Waals surface area contributed by atoms with E-state index in [0.29, 0.717) is 21.3 Å². The predicted octanol–water partition coefficient (Wildman–Crippen LogP) is 5.87. The molecular weight excluding hydrogens is 350 g/mol. The van der Waals surface area contributed by atoms with Crippen LogP contribution in [0.15, 0.2) is 48.5 Å². The third-order valence-corrected chi connectivity index (χ3v) is 5.27. The van der Waals surface area contributed by atoms with Crippen LogP contribution in [0.1, 0.15) is 16.1 Å². The Labute approximate surface area is 153 Å². The van der Waals surface area contributed by atoms with E-state index in [1.807, 2.05) is 55.5 Å². The Morgan fingerprint density at radius 1 is 1.12 bits per heavy atom. The molecule has 3 nitrogen and oxygen atoms in total. The Balaban J connectivity index is 1.84. The number of allylic oxidation sites excluding steroid dienone is 1. The third-order valence-electron chi connectivity index (χ3n) is 3.90. The minimum absolute atomic E-state index is 0.381. The Morgan fingerprint density at radius 3 is 2.76 bits per heavy atom. The Hall–Kier alpha value is -2.74. The first-order valence-corrected chi connectivity index (χ1v) is 8.88. The SMILES string of the molecule is Cc1ccc2cc(/C=C(\C#N)c3nc4ccccc4s3)c(Cl)nc2c1. The summed E-state index contributed by atoms with van der Waals surface area (Å²) in [4.78, 5) is 9.00. The number of hydrogen-bond donors (Lipinski definition) is 0. The largest absolute Gasteiger partial charge is 0.235 e. The van der Waals surface area contributed by atoms with E-state index in [9.17, 15) is 5.26 Å². The van der Waals surface area contributed by atoms with Gasteiger partial charge in [-0.3, -0.25) is 0 Å². The molecule has 0 saturated carbocycles. The Morgan fingerprint density at radius 2 is 1.96 bits per heavy atom. The highest BCUT2D eigenvalue weighted by Gasteiger charge is 2.11. The second-order valence-corrected chi connectivity index (χ2v) is 7.11. The third kappa shape index (κ3) is 3.00. The molecule has 0 aliphatic rings. The first-order valence-electron chi connectivity index (χ1n) is 7.69. The van der Waals surface area contributed by atoms with Crippen molar-refractivity contribution in [3.8, 4) is 6.07 Å². The van der Waals surface area contributed by atoms with Crippen molar-refractivity contribution in [2.75, 3.05) is 0 Å². The highest BCUT2D eigenvalue weighted by Crippen LogP contribution is 2.30. The number of nitriles is 1. The van der Waals surface area contributed by atoms with Gasteiger partial charge in [-0.15, -0.1) is 11.3 Å². The van der Waals surface area contributed by atoms with Crippen molar-refractivity contribution in [2.24, 2.45) is 0 Å². The number of benzene rings is 2. The van der Waals surface area contributed by atoms with Crippen LogP contribution in [0.25, 0.3) is 32.8 Å². The van der Waals surface area contributed by atoms with Gasteiger partial charge < -0.3 is 0 Å². The van der Waals surface area contributed by atoms with Crippen LogP contribution in [-0.4, -0.2) is 9.97 Å². The number of nitrogens with zero attached hydrogens (tertiary/aromatic N) is 3. The van der Waals surface area contributed by atoms with Crippen molar-refractivity contribution in [2.45, 2.75) is 6.92 Å². The minimum Gasteiger partial charge on any atom is -0.235 e. The lowest BCUT2D eigenvalue weighted by molar-refractivity contribution is 1.37. The van der Waals surface area contributed by atoms with E-state index in [-0.39, 0.29) is 0 Å². The number of aryl methyl sites for hydroxylation is 1. The van der Waals surface area contributed by atoms with E-state index in [4.69, 9.17) is 11.6 Å². The van der Waals surface area contributed by atoms with Crippen LogP contribution >= 0.6 is 22.9 Å². The zero-order chi connectivity index (χ0) is 17.4. The van der Waals surface area contributed by atoms with Gasteiger partial charge in [-0.05, 0) is 42.8 Å².